The Balaban J connectivity index is 1.72. The van der Waals surface area contributed by atoms with Crippen LogP contribution < -0.4 is 5.11 Å². The topological polar surface area (TPSA) is 77.5 Å². The van der Waals surface area contributed by atoms with Crippen molar-refractivity contribution in [3.05, 3.63) is 71.3 Å². The quantitative estimate of drug-likeness (QED) is 0.700. The summed E-state index contributed by atoms with van der Waals surface area (Å²) in [6.45, 7) is 2.75. The Morgan fingerprint density at radius 2 is 1.82 bits per heavy atom. The van der Waals surface area contributed by atoms with Gasteiger partial charge in [-0.25, -0.2) is 8.42 Å². The molecule has 1 aliphatic rings. The first-order chi connectivity index (χ1) is 13.4. The van der Waals surface area contributed by atoms with Crippen LogP contribution >= 0.6 is 0 Å². The molecule has 2 aromatic rings. The zero-order chi connectivity index (χ0) is 20.1. The van der Waals surface area contributed by atoms with Gasteiger partial charge in [0, 0.05) is 13.1 Å². The highest BCUT2D eigenvalue weighted by Crippen LogP contribution is 2.28. The third-order valence-corrected chi connectivity index (χ3v) is 7.22. The van der Waals surface area contributed by atoms with Crippen LogP contribution in [-0.4, -0.2) is 31.8 Å². The van der Waals surface area contributed by atoms with E-state index >= 15 is 0 Å². The SMILES string of the molecule is Cc1ccc(/C=C/C(=O)[O-])cc1S(=O)(=O)N1CCC(Cc2ccccc2)CC1. The van der Waals surface area contributed by atoms with Crippen molar-refractivity contribution in [1.29, 1.82) is 0 Å². The number of carbonyl (C=O) groups is 1. The first kappa shape index (κ1) is 20.3. The van der Waals surface area contributed by atoms with Crippen LogP contribution in [0.1, 0.15) is 29.5 Å². The number of benzene rings is 2. The van der Waals surface area contributed by atoms with Gasteiger partial charge in [0.25, 0.3) is 0 Å². The minimum absolute atomic E-state index is 0.231. The molecule has 2 aromatic carbocycles. The maximum atomic E-state index is 13.1. The molecule has 0 unspecified atom stereocenters. The molecule has 1 aliphatic heterocycles. The fourth-order valence-electron chi connectivity index (χ4n) is 3.60. The summed E-state index contributed by atoms with van der Waals surface area (Å²) in [4.78, 5) is 10.8. The summed E-state index contributed by atoms with van der Waals surface area (Å²) in [6, 6.07) is 15.2. The number of nitrogens with zero attached hydrogens (tertiary/aromatic N) is 1. The van der Waals surface area contributed by atoms with Gasteiger partial charge in [-0.2, -0.15) is 4.31 Å². The van der Waals surface area contributed by atoms with Crippen LogP contribution in [0.2, 0.25) is 0 Å². The molecule has 0 bridgehead atoms. The number of carboxylic acids is 1. The molecule has 0 spiro atoms. The largest absolute Gasteiger partial charge is 0.545 e. The lowest BCUT2D eigenvalue weighted by Crippen LogP contribution is -2.39. The minimum atomic E-state index is -3.61. The molecule has 5 nitrogen and oxygen atoms in total. The van der Waals surface area contributed by atoms with Gasteiger partial charge >= 0.3 is 0 Å². The third kappa shape index (κ3) is 4.88. The number of rotatable bonds is 6. The molecular formula is C22H24NO4S-. The van der Waals surface area contributed by atoms with Gasteiger partial charge in [-0.3, -0.25) is 0 Å². The summed E-state index contributed by atoms with van der Waals surface area (Å²) in [7, 11) is -3.61. The van der Waals surface area contributed by atoms with Crippen molar-refractivity contribution < 1.29 is 18.3 Å². The highest BCUT2D eigenvalue weighted by Gasteiger charge is 2.30. The van der Waals surface area contributed by atoms with Gasteiger partial charge in [-0.05, 0) is 60.9 Å². The van der Waals surface area contributed by atoms with Crippen LogP contribution in [0.3, 0.4) is 0 Å². The van der Waals surface area contributed by atoms with E-state index in [-0.39, 0.29) is 4.90 Å². The van der Waals surface area contributed by atoms with Crippen LogP contribution in [0, 0.1) is 12.8 Å². The van der Waals surface area contributed by atoms with E-state index in [2.05, 4.69) is 12.1 Å². The van der Waals surface area contributed by atoms with Gasteiger partial charge in [0.05, 0.1) is 10.9 Å². The zero-order valence-electron chi connectivity index (χ0n) is 15.9. The molecule has 1 saturated heterocycles. The van der Waals surface area contributed by atoms with E-state index < -0.39 is 16.0 Å². The maximum Gasteiger partial charge on any atom is 0.243 e. The van der Waals surface area contributed by atoms with E-state index in [4.69, 9.17) is 0 Å². The molecule has 0 N–H and O–H groups in total. The van der Waals surface area contributed by atoms with Gasteiger partial charge in [0.1, 0.15) is 0 Å². The van der Waals surface area contributed by atoms with Crippen LogP contribution in [-0.2, 0) is 21.2 Å². The van der Waals surface area contributed by atoms with E-state index in [0.29, 0.717) is 30.1 Å². The van der Waals surface area contributed by atoms with Crippen molar-refractivity contribution in [2.75, 3.05) is 13.1 Å². The fourth-order valence-corrected chi connectivity index (χ4v) is 5.33. The number of sulfonamides is 1. The summed E-state index contributed by atoms with van der Waals surface area (Å²) < 4.78 is 27.8. The number of aliphatic carboxylic acids is 1. The molecule has 0 amide bonds. The molecule has 0 saturated carbocycles. The predicted octanol–water partition coefficient (Wildman–Crippen LogP) is 2.40. The summed E-state index contributed by atoms with van der Waals surface area (Å²) in [5.74, 6) is -0.835. The highest BCUT2D eigenvalue weighted by molar-refractivity contribution is 7.89. The van der Waals surface area contributed by atoms with Crippen LogP contribution in [0.5, 0.6) is 0 Å². The average Bonchev–Trinajstić information content (AvgIpc) is 2.68. The number of carboxylic acid groups (broad SMARTS) is 1. The van der Waals surface area contributed by atoms with Gasteiger partial charge < -0.3 is 9.90 Å². The van der Waals surface area contributed by atoms with Crippen LogP contribution in [0.4, 0.5) is 0 Å². The Kier molecular flexibility index (Phi) is 6.31. The molecule has 1 fully saturated rings. The van der Waals surface area contributed by atoms with E-state index in [1.54, 1.807) is 23.4 Å². The molecule has 28 heavy (non-hydrogen) atoms. The standard InChI is InChI=1S/C22H25NO4S/c1-17-7-8-19(9-10-22(24)25)16-21(17)28(26,27)23-13-11-20(12-14-23)15-18-5-3-2-4-6-18/h2-10,16,20H,11-15H2,1H3,(H,24,25)/p-1/b10-9+. The van der Waals surface area contributed by atoms with Gasteiger partial charge in [-0.15, -0.1) is 0 Å². The molecule has 0 aliphatic carbocycles. The summed E-state index contributed by atoms with van der Waals surface area (Å²) in [5, 5.41) is 10.6. The number of hydrogen-bond acceptors (Lipinski definition) is 4. The number of aryl methyl sites for hydroxylation is 1. The van der Waals surface area contributed by atoms with Gasteiger partial charge in [0.2, 0.25) is 10.0 Å². The predicted molar refractivity (Wildman–Crippen MR) is 107 cm³/mol. The van der Waals surface area contributed by atoms with Crippen LogP contribution in [0.25, 0.3) is 6.08 Å². The highest BCUT2D eigenvalue weighted by atomic mass is 32.2. The number of piperidine rings is 1. The average molecular weight is 399 g/mol. The van der Waals surface area contributed by atoms with E-state index in [0.717, 1.165) is 25.3 Å². The zero-order valence-corrected chi connectivity index (χ0v) is 16.7. The first-order valence-electron chi connectivity index (χ1n) is 9.40. The second kappa shape index (κ2) is 8.71. The van der Waals surface area contributed by atoms with Crippen molar-refractivity contribution >= 4 is 22.1 Å². The Morgan fingerprint density at radius 1 is 1.14 bits per heavy atom. The van der Waals surface area contributed by atoms with E-state index in [1.807, 2.05) is 18.2 Å². The van der Waals surface area contributed by atoms with Crippen molar-refractivity contribution in [2.45, 2.75) is 31.1 Å². The van der Waals surface area contributed by atoms with Crippen LogP contribution in [0.15, 0.2) is 59.5 Å². The first-order valence-corrected chi connectivity index (χ1v) is 10.8. The van der Waals surface area contributed by atoms with Crippen molar-refractivity contribution in [3.63, 3.8) is 0 Å². The number of carbonyl (C=O) groups excluding carboxylic acids is 1. The molecular weight excluding hydrogens is 374 g/mol. The molecule has 6 heteroatoms. The molecule has 0 radical (unpaired) electrons. The fraction of sp³-hybridized carbons (Fsp3) is 0.318. The molecule has 0 atom stereocenters. The number of hydrogen-bond donors (Lipinski definition) is 0. The normalized spacial score (nSPS) is 16.5. The smallest absolute Gasteiger partial charge is 0.243 e. The van der Waals surface area contributed by atoms with Gasteiger partial charge in [0.15, 0.2) is 0 Å². The molecule has 148 valence electrons. The van der Waals surface area contributed by atoms with Gasteiger partial charge in [-0.1, -0.05) is 48.5 Å². The lowest BCUT2D eigenvalue weighted by atomic mass is 9.91. The second-order valence-electron chi connectivity index (χ2n) is 7.21. The summed E-state index contributed by atoms with van der Waals surface area (Å²) in [5.41, 5.74) is 2.46. The van der Waals surface area contributed by atoms with E-state index in [1.165, 1.54) is 17.7 Å². The molecule has 3 rings (SSSR count). The second-order valence-corrected chi connectivity index (χ2v) is 9.12. The van der Waals surface area contributed by atoms with Crippen molar-refractivity contribution in [2.24, 2.45) is 5.92 Å². The lowest BCUT2D eigenvalue weighted by Gasteiger charge is -2.31. The third-order valence-electron chi connectivity index (χ3n) is 5.18. The Bertz CT molecular complexity index is 959. The Morgan fingerprint density at radius 3 is 2.46 bits per heavy atom. The summed E-state index contributed by atoms with van der Waals surface area (Å²) in [6.07, 6.45) is 4.88. The lowest BCUT2D eigenvalue weighted by molar-refractivity contribution is -0.297. The minimum Gasteiger partial charge on any atom is -0.545 e. The maximum absolute atomic E-state index is 13.1. The van der Waals surface area contributed by atoms with Crippen molar-refractivity contribution in [1.82, 2.24) is 4.31 Å². The Hall–Kier alpha value is -2.44. The van der Waals surface area contributed by atoms with Crippen molar-refractivity contribution in [3.8, 4) is 0 Å². The van der Waals surface area contributed by atoms with E-state index in [9.17, 15) is 18.3 Å². The molecule has 0 aromatic heterocycles. The summed E-state index contributed by atoms with van der Waals surface area (Å²) >= 11 is 0. The Labute approximate surface area is 166 Å². The monoisotopic (exact) mass is 398 g/mol. The molecule has 1 heterocycles.